The van der Waals surface area contributed by atoms with Crippen LogP contribution in [0.2, 0.25) is 0 Å². The van der Waals surface area contributed by atoms with Crippen molar-refractivity contribution in [2.75, 3.05) is 17.2 Å². The summed E-state index contributed by atoms with van der Waals surface area (Å²) in [6, 6.07) is 5.29. The second kappa shape index (κ2) is 4.13. The Labute approximate surface area is 88.5 Å². The van der Waals surface area contributed by atoms with E-state index in [2.05, 4.69) is 0 Å². The van der Waals surface area contributed by atoms with Crippen LogP contribution < -0.4 is 5.73 Å². The molecular formula is C11H15NOS. The molecule has 1 aromatic carbocycles. The SMILES string of the molecule is Nc1cc(O)ccc1CC1CCSC1. The van der Waals surface area contributed by atoms with Gasteiger partial charge in [0.25, 0.3) is 0 Å². The number of rotatable bonds is 2. The molecule has 3 N–H and O–H groups in total. The lowest BCUT2D eigenvalue weighted by atomic mass is 9.98. The van der Waals surface area contributed by atoms with E-state index in [4.69, 9.17) is 5.73 Å². The summed E-state index contributed by atoms with van der Waals surface area (Å²) in [6.07, 6.45) is 2.35. The van der Waals surface area contributed by atoms with Gasteiger partial charge in [0.05, 0.1) is 0 Å². The van der Waals surface area contributed by atoms with E-state index in [9.17, 15) is 5.11 Å². The zero-order chi connectivity index (χ0) is 9.97. The van der Waals surface area contributed by atoms with E-state index in [-0.39, 0.29) is 5.75 Å². The zero-order valence-corrected chi connectivity index (χ0v) is 8.89. The molecule has 1 fully saturated rings. The van der Waals surface area contributed by atoms with E-state index in [1.165, 1.54) is 23.5 Å². The van der Waals surface area contributed by atoms with Gasteiger partial charge in [0.1, 0.15) is 5.75 Å². The molecule has 0 radical (unpaired) electrons. The predicted octanol–water partition coefficient (Wildman–Crippen LogP) is 2.27. The van der Waals surface area contributed by atoms with Crippen LogP contribution >= 0.6 is 11.8 Å². The summed E-state index contributed by atoms with van der Waals surface area (Å²) in [5, 5.41) is 9.21. The fourth-order valence-corrected chi connectivity index (χ4v) is 3.11. The molecule has 0 spiro atoms. The molecular weight excluding hydrogens is 194 g/mol. The van der Waals surface area contributed by atoms with Gasteiger partial charge in [-0.05, 0) is 41.9 Å². The van der Waals surface area contributed by atoms with Crippen molar-refractivity contribution in [2.24, 2.45) is 5.92 Å². The van der Waals surface area contributed by atoms with Gasteiger partial charge in [-0.3, -0.25) is 0 Å². The summed E-state index contributed by atoms with van der Waals surface area (Å²) in [5.41, 5.74) is 7.73. The quantitative estimate of drug-likeness (QED) is 0.734. The fraction of sp³-hybridized carbons (Fsp3) is 0.455. The number of hydrogen-bond donors (Lipinski definition) is 2. The monoisotopic (exact) mass is 209 g/mol. The molecule has 1 unspecified atom stereocenters. The summed E-state index contributed by atoms with van der Waals surface area (Å²) < 4.78 is 0. The Bertz CT molecular complexity index is 321. The van der Waals surface area contributed by atoms with Gasteiger partial charge in [-0.2, -0.15) is 11.8 Å². The molecule has 3 heteroatoms. The highest BCUT2D eigenvalue weighted by Gasteiger charge is 2.16. The standard InChI is InChI=1S/C11H15NOS/c12-11-6-10(13)2-1-9(11)5-8-3-4-14-7-8/h1-2,6,8,13H,3-5,7,12H2. The summed E-state index contributed by atoms with van der Waals surface area (Å²) in [5.74, 6) is 3.56. The topological polar surface area (TPSA) is 46.2 Å². The zero-order valence-electron chi connectivity index (χ0n) is 8.07. The molecule has 1 saturated heterocycles. The number of thioether (sulfide) groups is 1. The summed E-state index contributed by atoms with van der Waals surface area (Å²) in [7, 11) is 0. The predicted molar refractivity (Wildman–Crippen MR) is 61.7 cm³/mol. The van der Waals surface area contributed by atoms with Crippen molar-refractivity contribution in [2.45, 2.75) is 12.8 Å². The van der Waals surface area contributed by atoms with Crippen LogP contribution in [-0.2, 0) is 6.42 Å². The maximum absolute atomic E-state index is 9.21. The van der Waals surface area contributed by atoms with Gasteiger partial charge in [0, 0.05) is 11.8 Å². The number of nitrogens with two attached hydrogens (primary N) is 1. The van der Waals surface area contributed by atoms with E-state index < -0.39 is 0 Å². The van der Waals surface area contributed by atoms with Gasteiger partial charge in [-0.25, -0.2) is 0 Å². The van der Waals surface area contributed by atoms with Crippen molar-refractivity contribution in [1.29, 1.82) is 0 Å². The van der Waals surface area contributed by atoms with Crippen LogP contribution in [0.5, 0.6) is 5.75 Å². The number of phenolic OH excluding ortho intramolecular Hbond substituents is 1. The lowest BCUT2D eigenvalue weighted by Gasteiger charge is -2.10. The van der Waals surface area contributed by atoms with E-state index in [1.807, 2.05) is 17.8 Å². The normalized spacial score (nSPS) is 21.3. The van der Waals surface area contributed by atoms with Crippen molar-refractivity contribution < 1.29 is 5.11 Å². The van der Waals surface area contributed by atoms with E-state index in [0.29, 0.717) is 0 Å². The van der Waals surface area contributed by atoms with Crippen molar-refractivity contribution in [3.8, 4) is 5.75 Å². The Morgan fingerprint density at radius 2 is 2.36 bits per heavy atom. The number of phenols is 1. The van der Waals surface area contributed by atoms with Crippen LogP contribution in [0.4, 0.5) is 5.69 Å². The smallest absolute Gasteiger partial charge is 0.117 e. The van der Waals surface area contributed by atoms with Gasteiger partial charge in [-0.1, -0.05) is 6.07 Å². The number of aromatic hydroxyl groups is 1. The second-order valence-corrected chi connectivity index (χ2v) is 4.97. The molecule has 1 atom stereocenters. The Kier molecular flexibility index (Phi) is 2.87. The van der Waals surface area contributed by atoms with Crippen molar-refractivity contribution in [1.82, 2.24) is 0 Å². The lowest BCUT2D eigenvalue weighted by molar-refractivity contribution is 0.475. The van der Waals surface area contributed by atoms with Gasteiger partial charge in [0.15, 0.2) is 0 Å². The van der Waals surface area contributed by atoms with Crippen LogP contribution in [0.15, 0.2) is 18.2 Å². The minimum Gasteiger partial charge on any atom is -0.508 e. The molecule has 0 amide bonds. The van der Waals surface area contributed by atoms with Crippen LogP contribution in [-0.4, -0.2) is 16.6 Å². The Morgan fingerprint density at radius 1 is 1.50 bits per heavy atom. The minimum atomic E-state index is 0.257. The first-order valence-electron chi connectivity index (χ1n) is 4.91. The second-order valence-electron chi connectivity index (χ2n) is 3.82. The first-order chi connectivity index (χ1) is 6.75. The summed E-state index contributed by atoms with van der Waals surface area (Å²) in [4.78, 5) is 0. The molecule has 0 aliphatic carbocycles. The van der Waals surface area contributed by atoms with E-state index in [1.54, 1.807) is 12.1 Å². The third-order valence-corrected chi connectivity index (χ3v) is 3.89. The molecule has 0 bridgehead atoms. The molecule has 2 nitrogen and oxygen atoms in total. The average molecular weight is 209 g/mol. The number of anilines is 1. The van der Waals surface area contributed by atoms with Gasteiger partial charge in [0.2, 0.25) is 0 Å². The molecule has 1 heterocycles. The molecule has 1 aromatic rings. The molecule has 76 valence electrons. The highest BCUT2D eigenvalue weighted by Crippen LogP contribution is 2.29. The summed E-state index contributed by atoms with van der Waals surface area (Å²) in [6.45, 7) is 0. The van der Waals surface area contributed by atoms with Gasteiger partial charge in [-0.15, -0.1) is 0 Å². The third-order valence-electron chi connectivity index (χ3n) is 2.66. The van der Waals surface area contributed by atoms with Crippen LogP contribution in [0.1, 0.15) is 12.0 Å². The average Bonchev–Trinajstić information content (AvgIpc) is 2.62. The van der Waals surface area contributed by atoms with E-state index >= 15 is 0 Å². The highest BCUT2D eigenvalue weighted by atomic mass is 32.2. The van der Waals surface area contributed by atoms with E-state index in [0.717, 1.165) is 18.0 Å². The van der Waals surface area contributed by atoms with Crippen LogP contribution in [0.25, 0.3) is 0 Å². The fourth-order valence-electron chi connectivity index (χ4n) is 1.82. The maximum Gasteiger partial charge on any atom is 0.117 e. The Morgan fingerprint density at radius 3 is 3.00 bits per heavy atom. The largest absolute Gasteiger partial charge is 0.508 e. The Balaban J connectivity index is 2.08. The van der Waals surface area contributed by atoms with Crippen molar-refractivity contribution in [3.63, 3.8) is 0 Å². The first kappa shape index (κ1) is 9.71. The molecule has 0 saturated carbocycles. The molecule has 1 aliphatic heterocycles. The molecule has 14 heavy (non-hydrogen) atoms. The molecule has 2 rings (SSSR count). The van der Waals surface area contributed by atoms with Crippen LogP contribution in [0.3, 0.4) is 0 Å². The third kappa shape index (κ3) is 2.15. The lowest BCUT2D eigenvalue weighted by Crippen LogP contribution is -2.04. The van der Waals surface area contributed by atoms with Crippen molar-refractivity contribution in [3.05, 3.63) is 23.8 Å². The van der Waals surface area contributed by atoms with Crippen LogP contribution in [0, 0.1) is 5.92 Å². The first-order valence-corrected chi connectivity index (χ1v) is 6.06. The minimum absolute atomic E-state index is 0.257. The molecule has 1 aliphatic rings. The summed E-state index contributed by atoms with van der Waals surface area (Å²) >= 11 is 2.02. The maximum atomic E-state index is 9.21. The number of benzene rings is 1. The highest BCUT2D eigenvalue weighted by molar-refractivity contribution is 7.99. The number of hydrogen-bond acceptors (Lipinski definition) is 3. The van der Waals surface area contributed by atoms with Gasteiger partial charge < -0.3 is 10.8 Å². The van der Waals surface area contributed by atoms with Gasteiger partial charge >= 0.3 is 0 Å². The van der Waals surface area contributed by atoms with Crippen molar-refractivity contribution >= 4 is 17.4 Å². The number of nitrogen functional groups attached to an aromatic ring is 1. The molecule has 0 aromatic heterocycles. The Hall–Kier alpha value is -0.830.